The van der Waals surface area contributed by atoms with Gasteiger partial charge in [0.25, 0.3) is 0 Å². The van der Waals surface area contributed by atoms with E-state index in [2.05, 4.69) is 60.4 Å². The Morgan fingerprint density at radius 2 is 2.11 bits per heavy atom. The summed E-state index contributed by atoms with van der Waals surface area (Å²) >= 11 is 0. The molecule has 3 heteroatoms. The summed E-state index contributed by atoms with van der Waals surface area (Å²) in [5.74, 6) is 0.721. The fourth-order valence-electron chi connectivity index (χ4n) is 2.32. The molecular weight excluding hydrogens is 234 g/mol. The maximum absolute atomic E-state index is 3.49. The van der Waals surface area contributed by atoms with Crippen molar-refractivity contribution in [1.82, 2.24) is 15.2 Å². The zero-order valence-corrected chi connectivity index (χ0v) is 12.2. The van der Waals surface area contributed by atoms with Crippen molar-refractivity contribution in [2.24, 2.45) is 5.92 Å². The number of aromatic amines is 1. The molecule has 0 bridgehead atoms. The largest absolute Gasteiger partial charge is 0.361 e. The predicted molar refractivity (Wildman–Crippen MR) is 82.3 cm³/mol. The van der Waals surface area contributed by atoms with E-state index < -0.39 is 0 Å². The third kappa shape index (κ3) is 4.08. The number of nitrogens with zero attached hydrogens (tertiary/aromatic N) is 1. The van der Waals surface area contributed by atoms with Crippen LogP contribution in [0.2, 0.25) is 0 Å². The van der Waals surface area contributed by atoms with Crippen molar-refractivity contribution < 1.29 is 0 Å². The van der Waals surface area contributed by atoms with Crippen LogP contribution in [0.1, 0.15) is 19.4 Å². The first kappa shape index (κ1) is 14.1. The van der Waals surface area contributed by atoms with Gasteiger partial charge in [-0.15, -0.1) is 0 Å². The van der Waals surface area contributed by atoms with Crippen molar-refractivity contribution in [1.29, 1.82) is 0 Å². The Hall–Kier alpha value is -1.32. The molecule has 0 spiro atoms. The van der Waals surface area contributed by atoms with Crippen LogP contribution in [-0.2, 0) is 6.54 Å². The van der Waals surface area contributed by atoms with Gasteiger partial charge in [0.1, 0.15) is 0 Å². The number of nitrogens with one attached hydrogen (secondary N) is 2. The SMILES string of the molecule is CC(C)CNCCN(C)Cc1cccc2[nH]ccc12. The lowest BCUT2D eigenvalue weighted by atomic mass is 10.1. The predicted octanol–water partition coefficient (Wildman–Crippen LogP) is 2.85. The molecule has 0 radical (unpaired) electrons. The second kappa shape index (κ2) is 6.73. The van der Waals surface area contributed by atoms with E-state index in [1.54, 1.807) is 0 Å². The number of aromatic nitrogens is 1. The van der Waals surface area contributed by atoms with E-state index in [0.717, 1.165) is 32.1 Å². The summed E-state index contributed by atoms with van der Waals surface area (Å²) in [7, 11) is 2.18. The topological polar surface area (TPSA) is 31.1 Å². The summed E-state index contributed by atoms with van der Waals surface area (Å²) in [4.78, 5) is 5.64. The number of hydrogen-bond acceptors (Lipinski definition) is 2. The fourth-order valence-corrected chi connectivity index (χ4v) is 2.32. The second-order valence-electron chi connectivity index (χ2n) is 5.69. The highest BCUT2D eigenvalue weighted by molar-refractivity contribution is 5.82. The van der Waals surface area contributed by atoms with Crippen LogP contribution in [0.3, 0.4) is 0 Å². The molecule has 0 aliphatic heterocycles. The number of likely N-dealkylation sites (N-methyl/N-ethyl adjacent to an activating group) is 1. The van der Waals surface area contributed by atoms with Gasteiger partial charge in [-0.3, -0.25) is 0 Å². The Labute approximate surface area is 116 Å². The van der Waals surface area contributed by atoms with Crippen LogP contribution in [-0.4, -0.2) is 36.6 Å². The van der Waals surface area contributed by atoms with Crippen molar-refractivity contribution in [2.45, 2.75) is 20.4 Å². The maximum Gasteiger partial charge on any atom is 0.0457 e. The van der Waals surface area contributed by atoms with Crippen LogP contribution in [0.4, 0.5) is 0 Å². The van der Waals surface area contributed by atoms with E-state index in [1.807, 2.05) is 6.20 Å². The number of hydrogen-bond donors (Lipinski definition) is 2. The molecule has 0 aliphatic carbocycles. The Balaban J connectivity index is 1.85. The number of fused-ring (bicyclic) bond motifs is 1. The second-order valence-corrected chi connectivity index (χ2v) is 5.69. The van der Waals surface area contributed by atoms with Crippen molar-refractivity contribution >= 4 is 10.9 Å². The smallest absolute Gasteiger partial charge is 0.0457 e. The highest BCUT2D eigenvalue weighted by Crippen LogP contribution is 2.18. The van der Waals surface area contributed by atoms with Crippen LogP contribution in [0, 0.1) is 5.92 Å². The lowest BCUT2D eigenvalue weighted by Crippen LogP contribution is -2.30. The summed E-state index contributed by atoms with van der Waals surface area (Å²) < 4.78 is 0. The Morgan fingerprint density at radius 3 is 2.89 bits per heavy atom. The lowest BCUT2D eigenvalue weighted by Gasteiger charge is -2.18. The van der Waals surface area contributed by atoms with Gasteiger partial charge in [0.05, 0.1) is 0 Å². The van der Waals surface area contributed by atoms with Gasteiger partial charge in [0, 0.05) is 36.7 Å². The van der Waals surface area contributed by atoms with Crippen LogP contribution in [0.15, 0.2) is 30.5 Å². The Kier molecular flexibility index (Phi) is 5.00. The van der Waals surface area contributed by atoms with Gasteiger partial charge in [-0.25, -0.2) is 0 Å². The zero-order chi connectivity index (χ0) is 13.7. The molecule has 1 heterocycles. The third-order valence-corrected chi connectivity index (χ3v) is 3.35. The lowest BCUT2D eigenvalue weighted by molar-refractivity contribution is 0.323. The minimum atomic E-state index is 0.721. The van der Waals surface area contributed by atoms with Crippen molar-refractivity contribution in [2.75, 3.05) is 26.7 Å². The normalized spacial score (nSPS) is 11.8. The molecule has 2 rings (SSSR count). The molecule has 0 aliphatic rings. The summed E-state index contributed by atoms with van der Waals surface area (Å²) in [6, 6.07) is 8.63. The van der Waals surface area contributed by atoms with Gasteiger partial charge < -0.3 is 15.2 Å². The molecule has 0 amide bonds. The van der Waals surface area contributed by atoms with Gasteiger partial charge in [-0.2, -0.15) is 0 Å². The molecule has 0 fully saturated rings. The highest BCUT2D eigenvalue weighted by atomic mass is 15.1. The van der Waals surface area contributed by atoms with E-state index in [1.165, 1.54) is 16.5 Å². The molecule has 0 atom stereocenters. The minimum Gasteiger partial charge on any atom is -0.361 e. The number of rotatable bonds is 7. The average molecular weight is 259 g/mol. The number of benzene rings is 1. The monoisotopic (exact) mass is 259 g/mol. The zero-order valence-electron chi connectivity index (χ0n) is 12.2. The number of H-pyrrole nitrogens is 1. The van der Waals surface area contributed by atoms with Crippen LogP contribution in [0.25, 0.3) is 10.9 Å². The molecule has 2 N–H and O–H groups in total. The summed E-state index contributed by atoms with van der Waals surface area (Å²) in [5, 5.41) is 4.82. The first-order valence-corrected chi connectivity index (χ1v) is 7.11. The molecule has 2 aromatic rings. The fraction of sp³-hybridized carbons (Fsp3) is 0.500. The highest BCUT2D eigenvalue weighted by Gasteiger charge is 2.05. The van der Waals surface area contributed by atoms with Gasteiger partial charge in [-0.1, -0.05) is 26.0 Å². The summed E-state index contributed by atoms with van der Waals surface area (Å²) in [6.45, 7) is 8.71. The molecule has 0 saturated heterocycles. The molecule has 19 heavy (non-hydrogen) atoms. The molecule has 0 unspecified atom stereocenters. The first-order valence-electron chi connectivity index (χ1n) is 7.11. The van der Waals surface area contributed by atoms with Gasteiger partial charge in [0.2, 0.25) is 0 Å². The van der Waals surface area contributed by atoms with Crippen molar-refractivity contribution in [3.05, 3.63) is 36.0 Å². The maximum atomic E-state index is 3.49. The molecule has 104 valence electrons. The molecule has 1 aromatic heterocycles. The Bertz CT molecular complexity index is 501. The average Bonchev–Trinajstić information content (AvgIpc) is 2.84. The minimum absolute atomic E-state index is 0.721. The molecule has 1 aromatic carbocycles. The van der Waals surface area contributed by atoms with Crippen molar-refractivity contribution in [3.8, 4) is 0 Å². The molecule has 0 saturated carbocycles. The van der Waals surface area contributed by atoms with E-state index in [0.29, 0.717) is 0 Å². The molecule has 3 nitrogen and oxygen atoms in total. The van der Waals surface area contributed by atoms with E-state index in [9.17, 15) is 0 Å². The molecular formula is C16H25N3. The van der Waals surface area contributed by atoms with Crippen LogP contribution in [0.5, 0.6) is 0 Å². The summed E-state index contributed by atoms with van der Waals surface area (Å²) in [5.41, 5.74) is 2.62. The summed E-state index contributed by atoms with van der Waals surface area (Å²) in [6.07, 6.45) is 2.01. The van der Waals surface area contributed by atoms with Gasteiger partial charge in [0.15, 0.2) is 0 Å². The quantitative estimate of drug-likeness (QED) is 0.749. The first-order chi connectivity index (χ1) is 9.16. The standard InChI is InChI=1S/C16H25N3/c1-13(2)11-17-9-10-19(3)12-14-5-4-6-16-15(14)7-8-18-16/h4-8,13,17-18H,9-12H2,1-3H3. The van der Waals surface area contributed by atoms with Crippen LogP contribution < -0.4 is 5.32 Å². The van der Waals surface area contributed by atoms with E-state index in [4.69, 9.17) is 0 Å². The van der Waals surface area contributed by atoms with E-state index >= 15 is 0 Å². The third-order valence-electron chi connectivity index (χ3n) is 3.35. The Morgan fingerprint density at radius 1 is 1.26 bits per heavy atom. The van der Waals surface area contributed by atoms with Crippen LogP contribution >= 0.6 is 0 Å². The van der Waals surface area contributed by atoms with Gasteiger partial charge >= 0.3 is 0 Å². The van der Waals surface area contributed by atoms with Gasteiger partial charge in [-0.05, 0) is 37.2 Å². The van der Waals surface area contributed by atoms with Crippen molar-refractivity contribution in [3.63, 3.8) is 0 Å². The van der Waals surface area contributed by atoms with E-state index in [-0.39, 0.29) is 0 Å².